The van der Waals surface area contributed by atoms with Gasteiger partial charge in [-0.1, -0.05) is 19.8 Å². The molecule has 0 heterocycles. The minimum absolute atomic E-state index is 0.242. The number of carbonyl (C=O) groups is 1. The minimum Gasteiger partial charge on any atom is -0.444 e. The molecular weight excluding hydrogens is 228 g/mol. The van der Waals surface area contributed by atoms with Crippen LogP contribution in [0.4, 0.5) is 4.79 Å². The van der Waals surface area contributed by atoms with Crippen molar-refractivity contribution in [2.45, 2.75) is 59.0 Å². The highest BCUT2D eigenvalue weighted by Crippen LogP contribution is 2.08. The fourth-order valence-corrected chi connectivity index (χ4v) is 1.50. The number of ether oxygens (including phenoxy) is 1. The van der Waals surface area contributed by atoms with Gasteiger partial charge in [0.1, 0.15) is 5.60 Å². The van der Waals surface area contributed by atoms with Crippen LogP contribution in [0.1, 0.15) is 53.4 Å². The molecule has 0 aromatic rings. The molecule has 0 fully saturated rings. The van der Waals surface area contributed by atoms with Crippen LogP contribution in [-0.4, -0.2) is 43.3 Å². The summed E-state index contributed by atoms with van der Waals surface area (Å²) >= 11 is 0. The standard InChI is InChI=1S/C14H30N2O2/c1-6-7-8-10-15-11-9-12-16(5)13(17)18-14(2,3)4/h15H,6-12H2,1-5H3. The Morgan fingerprint density at radius 2 is 1.78 bits per heavy atom. The number of nitrogens with zero attached hydrogens (tertiary/aromatic N) is 1. The Kier molecular flexibility index (Phi) is 8.81. The Morgan fingerprint density at radius 1 is 1.17 bits per heavy atom. The van der Waals surface area contributed by atoms with Gasteiger partial charge in [0.25, 0.3) is 0 Å². The zero-order chi connectivity index (χ0) is 14.0. The van der Waals surface area contributed by atoms with E-state index < -0.39 is 5.60 Å². The first-order valence-corrected chi connectivity index (χ1v) is 7.01. The molecule has 0 spiro atoms. The molecule has 0 aromatic carbocycles. The fourth-order valence-electron chi connectivity index (χ4n) is 1.50. The van der Waals surface area contributed by atoms with E-state index in [0.29, 0.717) is 0 Å². The van der Waals surface area contributed by atoms with Crippen LogP contribution in [0, 0.1) is 0 Å². The summed E-state index contributed by atoms with van der Waals surface area (Å²) in [4.78, 5) is 13.3. The van der Waals surface area contributed by atoms with Gasteiger partial charge in [0, 0.05) is 13.6 Å². The topological polar surface area (TPSA) is 41.6 Å². The number of amides is 1. The number of nitrogens with one attached hydrogen (secondary N) is 1. The van der Waals surface area contributed by atoms with Crippen LogP contribution in [0.5, 0.6) is 0 Å². The first-order valence-electron chi connectivity index (χ1n) is 7.01. The molecule has 1 N–H and O–H groups in total. The van der Waals surface area contributed by atoms with Crippen molar-refractivity contribution in [1.29, 1.82) is 0 Å². The molecule has 1 amide bonds. The van der Waals surface area contributed by atoms with Crippen LogP contribution in [0.15, 0.2) is 0 Å². The number of hydrogen-bond acceptors (Lipinski definition) is 3. The van der Waals surface area contributed by atoms with Gasteiger partial charge in [-0.05, 0) is 46.7 Å². The molecule has 0 radical (unpaired) electrons. The van der Waals surface area contributed by atoms with Crippen LogP contribution in [0.2, 0.25) is 0 Å². The third kappa shape index (κ3) is 10.4. The minimum atomic E-state index is -0.413. The summed E-state index contributed by atoms with van der Waals surface area (Å²) in [7, 11) is 1.78. The van der Waals surface area contributed by atoms with E-state index in [-0.39, 0.29) is 6.09 Å². The molecule has 0 saturated heterocycles. The van der Waals surface area contributed by atoms with Crippen molar-refractivity contribution in [2.24, 2.45) is 0 Å². The predicted octanol–water partition coefficient (Wildman–Crippen LogP) is 3.02. The molecule has 4 nitrogen and oxygen atoms in total. The van der Waals surface area contributed by atoms with Gasteiger partial charge >= 0.3 is 6.09 Å². The van der Waals surface area contributed by atoms with Crippen molar-refractivity contribution in [1.82, 2.24) is 10.2 Å². The zero-order valence-electron chi connectivity index (χ0n) is 12.7. The summed E-state index contributed by atoms with van der Waals surface area (Å²) in [6, 6.07) is 0. The fraction of sp³-hybridized carbons (Fsp3) is 0.929. The van der Waals surface area contributed by atoms with E-state index in [1.807, 2.05) is 20.8 Å². The van der Waals surface area contributed by atoms with Gasteiger partial charge in [-0.15, -0.1) is 0 Å². The van der Waals surface area contributed by atoms with Crippen molar-refractivity contribution < 1.29 is 9.53 Å². The van der Waals surface area contributed by atoms with E-state index >= 15 is 0 Å². The van der Waals surface area contributed by atoms with E-state index in [1.165, 1.54) is 19.3 Å². The third-order valence-corrected chi connectivity index (χ3v) is 2.51. The van der Waals surface area contributed by atoms with Gasteiger partial charge in [0.15, 0.2) is 0 Å². The van der Waals surface area contributed by atoms with Crippen LogP contribution in [0.3, 0.4) is 0 Å². The SMILES string of the molecule is CCCCCNCCCN(C)C(=O)OC(C)(C)C. The average Bonchev–Trinajstić information content (AvgIpc) is 2.25. The molecular formula is C14H30N2O2. The normalized spacial score (nSPS) is 11.4. The van der Waals surface area contributed by atoms with Gasteiger partial charge in [-0.25, -0.2) is 4.79 Å². The number of hydrogen-bond donors (Lipinski definition) is 1. The van der Waals surface area contributed by atoms with Gasteiger partial charge in [-0.3, -0.25) is 0 Å². The molecule has 0 unspecified atom stereocenters. The first-order chi connectivity index (χ1) is 8.37. The molecule has 0 rings (SSSR count). The Bertz CT molecular complexity index is 224. The number of rotatable bonds is 8. The summed E-state index contributed by atoms with van der Waals surface area (Å²) in [5.41, 5.74) is -0.413. The van der Waals surface area contributed by atoms with E-state index in [9.17, 15) is 4.79 Å². The lowest BCUT2D eigenvalue weighted by atomic mass is 10.2. The van der Waals surface area contributed by atoms with Crippen LogP contribution >= 0.6 is 0 Å². The lowest BCUT2D eigenvalue weighted by Gasteiger charge is -2.24. The summed E-state index contributed by atoms with van der Waals surface area (Å²) in [6.07, 6.45) is 4.49. The molecule has 108 valence electrons. The molecule has 0 bridgehead atoms. The maximum Gasteiger partial charge on any atom is 0.410 e. The van der Waals surface area contributed by atoms with Crippen molar-refractivity contribution in [3.63, 3.8) is 0 Å². The summed E-state index contributed by atoms with van der Waals surface area (Å²) < 4.78 is 5.28. The maximum atomic E-state index is 11.6. The van der Waals surface area contributed by atoms with E-state index in [4.69, 9.17) is 4.74 Å². The third-order valence-electron chi connectivity index (χ3n) is 2.51. The monoisotopic (exact) mass is 258 g/mol. The Morgan fingerprint density at radius 3 is 2.33 bits per heavy atom. The second-order valence-corrected chi connectivity index (χ2v) is 5.71. The number of unbranched alkanes of at least 4 members (excludes halogenated alkanes) is 2. The Labute approximate surface area is 112 Å². The van der Waals surface area contributed by atoms with Crippen molar-refractivity contribution in [3.05, 3.63) is 0 Å². The highest BCUT2D eigenvalue weighted by molar-refractivity contribution is 5.67. The highest BCUT2D eigenvalue weighted by atomic mass is 16.6. The Balaban J connectivity index is 3.52. The quantitative estimate of drug-likeness (QED) is 0.680. The van der Waals surface area contributed by atoms with E-state index in [2.05, 4.69) is 12.2 Å². The largest absolute Gasteiger partial charge is 0.444 e. The maximum absolute atomic E-state index is 11.6. The van der Waals surface area contributed by atoms with Gasteiger partial charge in [0.2, 0.25) is 0 Å². The van der Waals surface area contributed by atoms with Crippen molar-refractivity contribution in [3.8, 4) is 0 Å². The van der Waals surface area contributed by atoms with Crippen molar-refractivity contribution in [2.75, 3.05) is 26.7 Å². The first kappa shape index (κ1) is 17.2. The Hall–Kier alpha value is -0.770. The zero-order valence-corrected chi connectivity index (χ0v) is 12.7. The summed E-state index contributed by atoms with van der Waals surface area (Å²) in [5, 5.41) is 3.38. The molecule has 4 heteroatoms. The second-order valence-electron chi connectivity index (χ2n) is 5.71. The average molecular weight is 258 g/mol. The lowest BCUT2D eigenvalue weighted by Crippen LogP contribution is -2.35. The van der Waals surface area contributed by atoms with Gasteiger partial charge in [-0.2, -0.15) is 0 Å². The molecule has 18 heavy (non-hydrogen) atoms. The van der Waals surface area contributed by atoms with Crippen LogP contribution < -0.4 is 5.32 Å². The lowest BCUT2D eigenvalue weighted by molar-refractivity contribution is 0.0297. The molecule has 0 saturated carbocycles. The van der Waals surface area contributed by atoms with E-state index in [0.717, 1.165) is 26.1 Å². The highest BCUT2D eigenvalue weighted by Gasteiger charge is 2.18. The molecule has 0 aromatic heterocycles. The second kappa shape index (κ2) is 9.20. The molecule has 0 atom stereocenters. The molecule has 0 aliphatic heterocycles. The van der Waals surface area contributed by atoms with Crippen molar-refractivity contribution >= 4 is 6.09 Å². The van der Waals surface area contributed by atoms with E-state index in [1.54, 1.807) is 11.9 Å². The van der Waals surface area contributed by atoms with Crippen LogP contribution in [0.25, 0.3) is 0 Å². The molecule has 0 aliphatic rings. The number of carbonyl (C=O) groups excluding carboxylic acids is 1. The molecule has 0 aliphatic carbocycles. The van der Waals surface area contributed by atoms with Gasteiger partial charge < -0.3 is 15.0 Å². The van der Waals surface area contributed by atoms with Crippen LogP contribution in [-0.2, 0) is 4.74 Å². The predicted molar refractivity (Wildman–Crippen MR) is 75.9 cm³/mol. The van der Waals surface area contributed by atoms with Gasteiger partial charge in [0.05, 0.1) is 0 Å². The summed E-state index contributed by atoms with van der Waals surface area (Å²) in [6.45, 7) is 10.6. The smallest absolute Gasteiger partial charge is 0.410 e. The summed E-state index contributed by atoms with van der Waals surface area (Å²) in [5.74, 6) is 0.